The van der Waals surface area contributed by atoms with E-state index in [0.717, 1.165) is 12.0 Å². The van der Waals surface area contributed by atoms with Gasteiger partial charge in [0.05, 0.1) is 6.10 Å². The van der Waals surface area contributed by atoms with E-state index < -0.39 is 12.6 Å². The Bertz CT molecular complexity index is 763. The normalized spacial score (nSPS) is 11.5. The van der Waals surface area contributed by atoms with Gasteiger partial charge in [0.25, 0.3) is 5.91 Å². The highest BCUT2D eigenvalue weighted by Crippen LogP contribution is 2.15. The number of ether oxygens (including phenoxy) is 2. The standard InChI is InChI=1S/C19H22N2O5/c1-3-13(2)26-17-10-15(7-8-20-17)19(24)21-11-14-5-4-6-16(9-14)25-12-18(22)23/h4-10,13H,3,11-12H2,1-2H3,(H,21,24)(H,22,23). The summed E-state index contributed by atoms with van der Waals surface area (Å²) in [5, 5.41) is 11.4. The van der Waals surface area contributed by atoms with Crippen LogP contribution in [0.15, 0.2) is 42.6 Å². The zero-order chi connectivity index (χ0) is 18.9. The summed E-state index contributed by atoms with van der Waals surface area (Å²) in [5.74, 6) is -0.446. The number of aliphatic carboxylic acids is 1. The molecular formula is C19H22N2O5. The van der Waals surface area contributed by atoms with Crippen molar-refractivity contribution in [3.63, 3.8) is 0 Å². The second-order valence-corrected chi connectivity index (χ2v) is 5.73. The number of carboxylic acid groups (broad SMARTS) is 1. The fourth-order valence-corrected chi connectivity index (χ4v) is 2.08. The number of pyridine rings is 1. The summed E-state index contributed by atoms with van der Waals surface area (Å²) in [4.78, 5) is 27.0. The van der Waals surface area contributed by atoms with Crippen LogP contribution in [0.4, 0.5) is 0 Å². The Morgan fingerprint density at radius 3 is 2.81 bits per heavy atom. The molecule has 0 saturated heterocycles. The third-order valence-corrected chi connectivity index (χ3v) is 3.61. The number of carbonyl (C=O) groups excluding carboxylic acids is 1. The van der Waals surface area contributed by atoms with E-state index in [1.807, 2.05) is 19.9 Å². The summed E-state index contributed by atoms with van der Waals surface area (Å²) < 4.78 is 10.7. The molecule has 7 heteroatoms. The van der Waals surface area contributed by atoms with Gasteiger partial charge in [-0.25, -0.2) is 9.78 Å². The summed E-state index contributed by atoms with van der Waals surface area (Å²) in [7, 11) is 0. The number of hydrogen-bond acceptors (Lipinski definition) is 5. The molecule has 138 valence electrons. The van der Waals surface area contributed by atoms with Crippen molar-refractivity contribution in [3.8, 4) is 11.6 Å². The average Bonchev–Trinajstić information content (AvgIpc) is 2.65. The van der Waals surface area contributed by atoms with Gasteiger partial charge >= 0.3 is 5.97 Å². The maximum Gasteiger partial charge on any atom is 0.341 e. The van der Waals surface area contributed by atoms with Crippen LogP contribution in [-0.2, 0) is 11.3 Å². The molecule has 1 atom stereocenters. The molecule has 1 aromatic heterocycles. The van der Waals surface area contributed by atoms with Crippen LogP contribution in [0.25, 0.3) is 0 Å². The zero-order valence-corrected chi connectivity index (χ0v) is 14.8. The maximum atomic E-state index is 12.3. The number of nitrogens with one attached hydrogen (secondary N) is 1. The van der Waals surface area contributed by atoms with Crippen LogP contribution in [0.5, 0.6) is 11.6 Å². The Balaban J connectivity index is 1.95. The number of benzene rings is 1. The highest BCUT2D eigenvalue weighted by atomic mass is 16.5. The SMILES string of the molecule is CCC(C)Oc1cc(C(=O)NCc2cccc(OCC(=O)O)c2)ccn1. The highest BCUT2D eigenvalue weighted by molar-refractivity contribution is 5.94. The summed E-state index contributed by atoms with van der Waals surface area (Å²) in [6, 6.07) is 10.1. The van der Waals surface area contributed by atoms with E-state index in [-0.39, 0.29) is 18.6 Å². The first kappa shape index (κ1) is 19.2. The molecule has 0 aliphatic rings. The summed E-state index contributed by atoms with van der Waals surface area (Å²) >= 11 is 0. The Hall–Kier alpha value is -3.09. The zero-order valence-electron chi connectivity index (χ0n) is 14.8. The van der Waals surface area contributed by atoms with Crippen molar-refractivity contribution in [2.75, 3.05) is 6.61 Å². The van der Waals surface area contributed by atoms with Gasteiger partial charge in [-0.05, 0) is 37.1 Å². The fourth-order valence-electron chi connectivity index (χ4n) is 2.08. The number of carbonyl (C=O) groups is 2. The minimum Gasteiger partial charge on any atom is -0.482 e. The number of nitrogens with zero attached hydrogens (tertiary/aromatic N) is 1. The molecule has 0 aliphatic carbocycles. The van der Waals surface area contributed by atoms with Crippen LogP contribution in [-0.4, -0.2) is 34.7 Å². The molecule has 7 nitrogen and oxygen atoms in total. The van der Waals surface area contributed by atoms with Crippen molar-refractivity contribution in [1.82, 2.24) is 10.3 Å². The Morgan fingerprint density at radius 1 is 1.27 bits per heavy atom. The van der Waals surface area contributed by atoms with Gasteiger partial charge in [-0.2, -0.15) is 0 Å². The monoisotopic (exact) mass is 358 g/mol. The van der Waals surface area contributed by atoms with Gasteiger partial charge in [-0.3, -0.25) is 4.79 Å². The molecule has 0 fully saturated rings. The minimum absolute atomic E-state index is 0.0225. The quantitative estimate of drug-likeness (QED) is 0.715. The van der Waals surface area contributed by atoms with E-state index in [4.69, 9.17) is 14.6 Å². The third kappa shape index (κ3) is 6.08. The Labute approximate surface area is 152 Å². The molecule has 2 rings (SSSR count). The van der Waals surface area contributed by atoms with Gasteiger partial charge in [0.1, 0.15) is 5.75 Å². The van der Waals surface area contributed by atoms with Crippen molar-refractivity contribution in [2.24, 2.45) is 0 Å². The molecule has 0 saturated carbocycles. The second kappa shape index (κ2) is 9.41. The topological polar surface area (TPSA) is 97.8 Å². The van der Waals surface area contributed by atoms with Gasteiger partial charge < -0.3 is 19.9 Å². The predicted molar refractivity (Wildman–Crippen MR) is 95.4 cm³/mol. The van der Waals surface area contributed by atoms with Crippen molar-refractivity contribution in [1.29, 1.82) is 0 Å². The summed E-state index contributed by atoms with van der Waals surface area (Å²) in [6.45, 7) is 3.82. The number of carboxylic acids is 1. The number of hydrogen-bond donors (Lipinski definition) is 2. The second-order valence-electron chi connectivity index (χ2n) is 5.73. The molecule has 0 radical (unpaired) electrons. The minimum atomic E-state index is -1.04. The molecule has 26 heavy (non-hydrogen) atoms. The Morgan fingerprint density at radius 2 is 2.08 bits per heavy atom. The van der Waals surface area contributed by atoms with Crippen LogP contribution < -0.4 is 14.8 Å². The largest absolute Gasteiger partial charge is 0.482 e. The van der Waals surface area contributed by atoms with Gasteiger partial charge in [0, 0.05) is 24.4 Å². The average molecular weight is 358 g/mol. The fraction of sp³-hybridized carbons (Fsp3) is 0.316. The highest BCUT2D eigenvalue weighted by Gasteiger charge is 2.09. The molecule has 0 spiro atoms. The van der Waals surface area contributed by atoms with Crippen LogP contribution in [0, 0.1) is 0 Å². The van der Waals surface area contributed by atoms with Crippen molar-refractivity contribution < 1.29 is 24.2 Å². The molecule has 2 N–H and O–H groups in total. The summed E-state index contributed by atoms with van der Waals surface area (Å²) in [6.07, 6.45) is 2.40. The van der Waals surface area contributed by atoms with E-state index >= 15 is 0 Å². The molecular weight excluding hydrogens is 336 g/mol. The van der Waals surface area contributed by atoms with Crippen LogP contribution in [0.1, 0.15) is 36.2 Å². The molecule has 0 aliphatic heterocycles. The lowest BCUT2D eigenvalue weighted by Gasteiger charge is -2.12. The van der Waals surface area contributed by atoms with Crippen molar-refractivity contribution >= 4 is 11.9 Å². The maximum absolute atomic E-state index is 12.3. The molecule has 1 aromatic carbocycles. The lowest BCUT2D eigenvalue weighted by Crippen LogP contribution is -2.23. The molecule has 1 heterocycles. The van der Waals surface area contributed by atoms with E-state index in [9.17, 15) is 9.59 Å². The van der Waals surface area contributed by atoms with Gasteiger partial charge in [-0.1, -0.05) is 19.1 Å². The molecule has 2 aromatic rings. The molecule has 1 unspecified atom stereocenters. The van der Waals surface area contributed by atoms with Crippen LogP contribution >= 0.6 is 0 Å². The van der Waals surface area contributed by atoms with Gasteiger partial charge in [0.2, 0.25) is 5.88 Å². The van der Waals surface area contributed by atoms with Crippen molar-refractivity contribution in [3.05, 3.63) is 53.7 Å². The lowest BCUT2D eigenvalue weighted by molar-refractivity contribution is -0.139. The first-order valence-electron chi connectivity index (χ1n) is 8.32. The molecule has 0 bridgehead atoms. The van der Waals surface area contributed by atoms with Gasteiger partial charge in [-0.15, -0.1) is 0 Å². The first-order valence-corrected chi connectivity index (χ1v) is 8.32. The summed E-state index contributed by atoms with van der Waals surface area (Å²) in [5.41, 5.74) is 1.25. The van der Waals surface area contributed by atoms with E-state index in [2.05, 4.69) is 10.3 Å². The van der Waals surface area contributed by atoms with Crippen molar-refractivity contribution in [2.45, 2.75) is 32.9 Å². The van der Waals surface area contributed by atoms with E-state index in [1.54, 1.807) is 30.3 Å². The lowest BCUT2D eigenvalue weighted by atomic mass is 10.2. The van der Waals surface area contributed by atoms with Gasteiger partial charge in [0.15, 0.2) is 6.61 Å². The number of aromatic nitrogens is 1. The van der Waals surface area contributed by atoms with E-state index in [0.29, 0.717) is 17.2 Å². The predicted octanol–water partition coefficient (Wildman–Crippen LogP) is 2.65. The number of rotatable bonds is 9. The van der Waals surface area contributed by atoms with Crippen LogP contribution in [0.3, 0.4) is 0 Å². The Kier molecular flexibility index (Phi) is 6.96. The third-order valence-electron chi connectivity index (χ3n) is 3.61. The molecule has 1 amide bonds. The van der Waals surface area contributed by atoms with Crippen LogP contribution in [0.2, 0.25) is 0 Å². The number of amides is 1. The smallest absolute Gasteiger partial charge is 0.341 e. The first-order chi connectivity index (χ1) is 12.5. The van der Waals surface area contributed by atoms with E-state index in [1.165, 1.54) is 6.20 Å².